The van der Waals surface area contributed by atoms with Gasteiger partial charge < -0.3 is 4.74 Å². The van der Waals surface area contributed by atoms with Crippen molar-refractivity contribution in [2.45, 2.75) is 51.3 Å². The molecule has 0 radical (unpaired) electrons. The van der Waals surface area contributed by atoms with E-state index in [9.17, 15) is 4.79 Å². The van der Waals surface area contributed by atoms with Crippen LogP contribution < -0.4 is 0 Å². The molecule has 0 aliphatic carbocycles. The molecule has 0 aromatic rings. The molecule has 1 unspecified atom stereocenters. The molecule has 0 spiro atoms. The van der Waals surface area contributed by atoms with Gasteiger partial charge in [-0.3, -0.25) is 4.79 Å². The Labute approximate surface area is 95.5 Å². The van der Waals surface area contributed by atoms with Crippen molar-refractivity contribution in [3.63, 3.8) is 0 Å². The van der Waals surface area contributed by atoms with Crippen molar-refractivity contribution in [1.82, 2.24) is 0 Å². The van der Waals surface area contributed by atoms with E-state index in [2.05, 4.69) is 29.8 Å². The maximum atomic E-state index is 11.2. The Bertz CT molecular complexity index is 157. The minimum Gasteiger partial charge on any atom is -0.465 e. The van der Waals surface area contributed by atoms with Crippen LogP contribution in [0.2, 0.25) is 0 Å². The largest absolute Gasteiger partial charge is 0.465 e. The van der Waals surface area contributed by atoms with Crippen LogP contribution in [0.5, 0.6) is 0 Å². The van der Waals surface area contributed by atoms with Gasteiger partial charge in [0.05, 0.1) is 6.61 Å². The molecule has 84 valence electrons. The van der Waals surface area contributed by atoms with E-state index < -0.39 is 0 Å². The van der Waals surface area contributed by atoms with Gasteiger partial charge in [-0.2, -0.15) is 0 Å². The summed E-state index contributed by atoms with van der Waals surface area (Å²) in [7, 11) is 0. The lowest BCUT2D eigenvalue weighted by molar-refractivity contribution is -0.143. The molecule has 0 saturated carbocycles. The number of rotatable bonds is 7. The first-order valence-corrected chi connectivity index (χ1v) is 6.34. The van der Waals surface area contributed by atoms with Crippen molar-refractivity contribution in [3.8, 4) is 0 Å². The third-order valence-corrected chi connectivity index (χ3v) is 2.70. The summed E-state index contributed by atoms with van der Waals surface area (Å²) < 4.78 is 5.17. The minimum atomic E-state index is -0.189. The minimum absolute atomic E-state index is 0.153. The smallest absolute Gasteiger partial charge is 0.319 e. The summed E-state index contributed by atoms with van der Waals surface area (Å²) in [6.45, 7) is 6.69. The van der Waals surface area contributed by atoms with Crippen LogP contribution in [0, 0.1) is 5.92 Å². The Morgan fingerprint density at radius 2 is 2.07 bits per heavy atom. The molecule has 0 rings (SSSR count). The molecule has 0 saturated heterocycles. The van der Waals surface area contributed by atoms with E-state index in [0.29, 0.717) is 12.5 Å². The molecule has 0 amide bonds. The summed E-state index contributed by atoms with van der Waals surface area (Å²) in [5.74, 6) is 0.380. The predicted molar refractivity (Wildman–Crippen MR) is 62.7 cm³/mol. The Kier molecular flexibility index (Phi) is 8.24. The van der Waals surface area contributed by atoms with Crippen molar-refractivity contribution in [2.75, 3.05) is 6.61 Å². The fourth-order valence-electron chi connectivity index (χ4n) is 1.21. The monoisotopic (exact) mass is 264 g/mol. The summed E-state index contributed by atoms with van der Waals surface area (Å²) in [5.41, 5.74) is 0. The Balaban J connectivity index is 3.66. The van der Waals surface area contributed by atoms with Crippen LogP contribution in [0.25, 0.3) is 0 Å². The van der Waals surface area contributed by atoms with E-state index in [1.54, 1.807) is 6.92 Å². The van der Waals surface area contributed by atoms with E-state index in [1.165, 1.54) is 12.8 Å². The quantitative estimate of drug-likeness (QED) is 0.520. The Morgan fingerprint density at radius 1 is 1.43 bits per heavy atom. The number of halogens is 1. The summed E-state index contributed by atoms with van der Waals surface area (Å²) in [6.07, 6.45) is 4.68. The van der Waals surface area contributed by atoms with Gasteiger partial charge in [0.1, 0.15) is 4.83 Å². The highest BCUT2D eigenvalue weighted by atomic mass is 79.9. The first-order valence-electron chi connectivity index (χ1n) is 5.42. The molecule has 14 heavy (non-hydrogen) atoms. The number of unbranched alkanes of at least 4 members (excludes halogenated alkanes) is 1. The second-order valence-electron chi connectivity index (χ2n) is 3.66. The molecule has 0 aliphatic rings. The van der Waals surface area contributed by atoms with Crippen LogP contribution >= 0.6 is 15.9 Å². The summed E-state index contributed by atoms with van der Waals surface area (Å²) in [6, 6.07) is 0. The van der Waals surface area contributed by atoms with Gasteiger partial charge in [0.25, 0.3) is 0 Å². The van der Waals surface area contributed by atoms with Gasteiger partial charge >= 0.3 is 5.97 Å². The van der Waals surface area contributed by atoms with Crippen molar-refractivity contribution in [3.05, 3.63) is 0 Å². The molecule has 0 heterocycles. The van der Waals surface area contributed by atoms with Crippen LogP contribution in [0.4, 0.5) is 0 Å². The maximum absolute atomic E-state index is 11.2. The van der Waals surface area contributed by atoms with Crippen molar-refractivity contribution < 1.29 is 9.53 Å². The van der Waals surface area contributed by atoms with Crippen LogP contribution in [0.3, 0.4) is 0 Å². The van der Waals surface area contributed by atoms with Gasteiger partial charge in [0.2, 0.25) is 0 Å². The third kappa shape index (κ3) is 6.41. The first-order chi connectivity index (χ1) is 6.61. The molecule has 2 atom stereocenters. The SMILES string of the molecule is CCCCC(CC)COC(=O)[C@H](C)Br. The number of esters is 1. The molecule has 0 aromatic heterocycles. The van der Waals surface area contributed by atoms with Crippen LogP contribution in [-0.2, 0) is 9.53 Å². The van der Waals surface area contributed by atoms with E-state index in [0.717, 1.165) is 12.8 Å². The van der Waals surface area contributed by atoms with E-state index >= 15 is 0 Å². The fourth-order valence-corrected chi connectivity index (χ4v) is 1.35. The van der Waals surface area contributed by atoms with Crippen LogP contribution in [0.15, 0.2) is 0 Å². The summed E-state index contributed by atoms with van der Waals surface area (Å²) in [5, 5.41) is 0. The second kappa shape index (κ2) is 8.27. The number of alkyl halides is 1. The average Bonchev–Trinajstić information content (AvgIpc) is 2.17. The van der Waals surface area contributed by atoms with Gasteiger partial charge in [-0.05, 0) is 19.3 Å². The first kappa shape index (κ1) is 13.9. The lowest BCUT2D eigenvalue weighted by Gasteiger charge is -2.15. The zero-order chi connectivity index (χ0) is 11.0. The number of carbonyl (C=O) groups excluding carboxylic acids is 1. The molecule has 2 nitrogen and oxygen atoms in total. The number of carbonyl (C=O) groups is 1. The molecule has 0 aliphatic heterocycles. The highest BCUT2D eigenvalue weighted by molar-refractivity contribution is 9.10. The van der Waals surface area contributed by atoms with Crippen molar-refractivity contribution in [1.29, 1.82) is 0 Å². The Morgan fingerprint density at radius 3 is 2.50 bits per heavy atom. The van der Waals surface area contributed by atoms with Crippen molar-refractivity contribution in [2.24, 2.45) is 5.92 Å². The van der Waals surface area contributed by atoms with Gasteiger partial charge in [0.15, 0.2) is 0 Å². The highest BCUT2D eigenvalue weighted by Crippen LogP contribution is 2.13. The standard InChI is InChI=1S/C11H21BrO2/c1-4-6-7-10(5-2)8-14-11(13)9(3)12/h9-10H,4-8H2,1-3H3/t9-,10?/m0/s1. The molecular formula is C11H21BrO2. The summed E-state index contributed by atoms with van der Waals surface area (Å²) >= 11 is 3.19. The number of hydrogen-bond donors (Lipinski definition) is 0. The van der Waals surface area contributed by atoms with Gasteiger partial charge in [-0.1, -0.05) is 49.0 Å². The van der Waals surface area contributed by atoms with Gasteiger partial charge in [-0.15, -0.1) is 0 Å². The van der Waals surface area contributed by atoms with E-state index in [1.807, 2.05) is 0 Å². The zero-order valence-electron chi connectivity index (χ0n) is 9.38. The molecule has 0 fully saturated rings. The third-order valence-electron chi connectivity index (χ3n) is 2.33. The van der Waals surface area contributed by atoms with Gasteiger partial charge in [0, 0.05) is 0 Å². The fraction of sp³-hybridized carbons (Fsp3) is 0.909. The van der Waals surface area contributed by atoms with Crippen molar-refractivity contribution >= 4 is 21.9 Å². The normalized spacial score (nSPS) is 14.9. The average molecular weight is 265 g/mol. The lowest BCUT2D eigenvalue weighted by Crippen LogP contribution is -2.19. The molecular weight excluding hydrogens is 244 g/mol. The lowest BCUT2D eigenvalue weighted by atomic mass is 10.0. The maximum Gasteiger partial charge on any atom is 0.319 e. The topological polar surface area (TPSA) is 26.3 Å². The Hall–Kier alpha value is -0.0500. The zero-order valence-corrected chi connectivity index (χ0v) is 11.0. The van der Waals surface area contributed by atoms with Gasteiger partial charge in [-0.25, -0.2) is 0 Å². The molecule has 0 N–H and O–H groups in total. The summed E-state index contributed by atoms with van der Waals surface area (Å²) in [4.78, 5) is 11.0. The second-order valence-corrected chi connectivity index (χ2v) is 5.04. The predicted octanol–water partition coefficient (Wildman–Crippen LogP) is 3.53. The van der Waals surface area contributed by atoms with Crippen LogP contribution in [-0.4, -0.2) is 17.4 Å². The molecule has 3 heteroatoms. The number of hydrogen-bond acceptors (Lipinski definition) is 2. The molecule has 0 aromatic carbocycles. The van der Waals surface area contributed by atoms with Crippen LogP contribution in [0.1, 0.15) is 46.5 Å². The van der Waals surface area contributed by atoms with E-state index in [-0.39, 0.29) is 10.8 Å². The van der Waals surface area contributed by atoms with E-state index in [4.69, 9.17) is 4.74 Å². The number of ether oxygens (including phenoxy) is 1. The molecule has 0 bridgehead atoms. The highest BCUT2D eigenvalue weighted by Gasteiger charge is 2.13.